The lowest BCUT2D eigenvalue weighted by molar-refractivity contribution is 0.669. The summed E-state index contributed by atoms with van der Waals surface area (Å²) in [5.41, 5.74) is 14.7. The molecule has 0 saturated carbocycles. The van der Waals surface area contributed by atoms with Gasteiger partial charge in [0, 0.05) is 27.9 Å². The third-order valence-corrected chi connectivity index (χ3v) is 11.6. The fourth-order valence-corrected chi connectivity index (χ4v) is 8.80. The Labute approximate surface area is 355 Å². The highest BCUT2D eigenvalue weighted by molar-refractivity contribution is 6.20. The van der Waals surface area contributed by atoms with Gasteiger partial charge in [0.25, 0.3) is 0 Å². The van der Waals surface area contributed by atoms with E-state index in [0.29, 0.717) is 0 Å². The van der Waals surface area contributed by atoms with Crippen molar-refractivity contribution in [2.75, 3.05) is 9.80 Å². The minimum atomic E-state index is 0.816. The van der Waals surface area contributed by atoms with Crippen LogP contribution in [0.4, 0.5) is 34.1 Å². The summed E-state index contributed by atoms with van der Waals surface area (Å²) >= 11 is 0. The molecule has 11 rings (SSSR count). The number of para-hydroxylation sites is 3. The first-order valence-electron chi connectivity index (χ1n) is 20.8. The average molecular weight is 781 g/mol. The quantitative estimate of drug-likeness (QED) is 0.145. The maximum absolute atomic E-state index is 6.91. The molecule has 0 aliphatic carbocycles. The monoisotopic (exact) mass is 780 g/mol. The standard InChI is InChI=1S/C58H40N2O/c1-5-19-41(20-6-1)42-33-35-48(36-34-42)60(53-32-18-16-30-50(53)44-23-9-3-10-24-44)58-54(37-38-55-57(58)51-39-45-25-13-14-26-46(45)40-56(51)61-55)59(47-27-11-4-12-28-47)52-31-17-15-29-49(52)43-21-7-2-8-22-43/h1-40H. The molecule has 0 N–H and O–H groups in total. The minimum Gasteiger partial charge on any atom is -0.456 e. The number of hydrogen-bond donors (Lipinski definition) is 0. The molecule has 0 spiro atoms. The Morgan fingerprint density at radius 3 is 1.36 bits per heavy atom. The third kappa shape index (κ3) is 6.59. The van der Waals surface area contributed by atoms with E-state index < -0.39 is 0 Å². The summed E-state index contributed by atoms with van der Waals surface area (Å²) in [7, 11) is 0. The van der Waals surface area contributed by atoms with Gasteiger partial charge in [-0.3, -0.25) is 0 Å². The van der Waals surface area contributed by atoms with Crippen molar-refractivity contribution in [3.63, 3.8) is 0 Å². The van der Waals surface area contributed by atoms with E-state index in [-0.39, 0.29) is 0 Å². The molecule has 0 bridgehead atoms. The van der Waals surface area contributed by atoms with Crippen molar-refractivity contribution >= 4 is 66.8 Å². The van der Waals surface area contributed by atoms with E-state index in [1.54, 1.807) is 0 Å². The Kier molecular flexibility index (Phi) is 9.18. The Hall–Kier alpha value is -8.14. The number of rotatable bonds is 9. The van der Waals surface area contributed by atoms with Gasteiger partial charge in [-0.2, -0.15) is 0 Å². The SMILES string of the molecule is c1ccc(-c2ccc(N(c3ccccc3-c3ccccc3)c3c(N(c4ccccc4)c4ccccc4-c4ccccc4)ccc4oc5cc6ccccc6cc5c34)cc2)cc1. The van der Waals surface area contributed by atoms with Crippen molar-refractivity contribution in [1.29, 1.82) is 0 Å². The van der Waals surface area contributed by atoms with Crippen LogP contribution < -0.4 is 9.80 Å². The van der Waals surface area contributed by atoms with Crippen LogP contribution in [0.5, 0.6) is 0 Å². The third-order valence-electron chi connectivity index (χ3n) is 11.6. The predicted octanol–water partition coefficient (Wildman–Crippen LogP) is 16.7. The molecule has 3 heteroatoms. The molecule has 0 fully saturated rings. The summed E-state index contributed by atoms with van der Waals surface area (Å²) in [6.45, 7) is 0. The molecule has 288 valence electrons. The van der Waals surface area contributed by atoms with Gasteiger partial charge in [0.2, 0.25) is 0 Å². The fourth-order valence-electron chi connectivity index (χ4n) is 8.80. The molecule has 1 aromatic heterocycles. The highest BCUT2D eigenvalue weighted by atomic mass is 16.3. The normalized spacial score (nSPS) is 11.3. The highest BCUT2D eigenvalue weighted by Gasteiger charge is 2.29. The van der Waals surface area contributed by atoms with E-state index in [4.69, 9.17) is 4.42 Å². The van der Waals surface area contributed by atoms with E-state index in [1.807, 2.05) is 0 Å². The lowest BCUT2D eigenvalue weighted by atomic mass is 9.98. The van der Waals surface area contributed by atoms with Crippen LogP contribution in [0.2, 0.25) is 0 Å². The van der Waals surface area contributed by atoms with Crippen LogP contribution >= 0.6 is 0 Å². The molecule has 3 nitrogen and oxygen atoms in total. The van der Waals surface area contributed by atoms with E-state index in [0.717, 1.165) is 94.7 Å². The van der Waals surface area contributed by atoms with Crippen LogP contribution in [0.25, 0.3) is 66.1 Å². The molecule has 11 aromatic rings. The molecule has 1 heterocycles. The molecule has 0 atom stereocenters. The Morgan fingerprint density at radius 2 is 0.754 bits per heavy atom. The molecular formula is C58H40N2O. The molecular weight excluding hydrogens is 741 g/mol. The van der Waals surface area contributed by atoms with Crippen molar-refractivity contribution in [1.82, 2.24) is 0 Å². The molecule has 61 heavy (non-hydrogen) atoms. The zero-order valence-electron chi connectivity index (χ0n) is 33.4. The zero-order valence-corrected chi connectivity index (χ0v) is 33.4. The van der Waals surface area contributed by atoms with Gasteiger partial charge in [0.1, 0.15) is 11.2 Å². The zero-order chi connectivity index (χ0) is 40.5. The number of fused-ring (bicyclic) bond motifs is 4. The summed E-state index contributed by atoms with van der Waals surface area (Å²) in [6, 6.07) is 86.6. The predicted molar refractivity (Wildman–Crippen MR) is 257 cm³/mol. The number of nitrogens with zero attached hydrogens (tertiary/aromatic N) is 2. The molecule has 0 saturated heterocycles. The molecule has 0 aliphatic rings. The summed E-state index contributed by atoms with van der Waals surface area (Å²) in [5, 5.41) is 4.39. The number of anilines is 6. The van der Waals surface area contributed by atoms with Crippen molar-refractivity contribution < 1.29 is 4.42 Å². The number of hydrogen-bond acceptors (Lipinski definition) is 3. The van der Waals surface area contributed by atoms with E-state index >= 15 is 0 Å². The second kappa shape index (κ2) is 15.6. The van der Waals surface area contributed by atoms with Crippen LogP contribution in [0, 0.1) is 0 Å². The van der Waals surface area contributed by atoms with Crippen LogP contribution in [0.15, 0.2) is 247 Å². The van der Waals surface area contributed by atoms with Gasteiger partial charge in [0.15, 0.2) is 0 Å². The summed E-state index contributed by atoms with van der Waals surface area (Å²) in [5.74, 6) is 0. The summed E-state index contributed by atoms with van der Waals surface area (Å²) in [6.07, 6.45) is 0. The second-order valence-corrected chi connectivity index (χ2v) is 15.3. The van der Waals surface area contributed by atoms with Crippen LogP contribution in [0.1, 0.15) is 0 Å². The van der Waals surface area contributed by atoms with Crippen molar-refractivity contribution in [2.45, 2.75) is 0 Å². The fraction of sp³-hybridized carbons (Fsp3) is 0. The van der Waals surface area contributed by atoms with Crippen molar-refractivity contribution in [3.8, 4) is 33.4 Å². The smallest absolute Gasteiger partial charge is 0.137 e. The van der Waals surface area contributed by atoms with Crippen LogP contribution in [-0.4, -0.2) is 0 Å². The maximum atomic E-state index is 6.91. The van der Waals surface area contributed by atoms with Gasteiger partial charge >= 0.3 is 0 Å². The first kappa shape index (κ1) is 36.0. The summed E-state index contributed by atoms with van der Waals surface area (Å²) < 4.78 is 6.91. The van der Waals surface area contributed by atoms with Gasteiger partial charge in [-0.15, -0.1) is 0 Å². The lowest BCUT2D eigenvalue weighted by Crippen LogP contribution is -2.18. The lowest BCUT2D eigenvalue weighted by Gasteiger charge is -2.35. The van der Waals surface area contributed by atoms with Crippen LogP contribution in [-0.2, 0) is 0 Å². The van der Waals surface area contributed by atoms with Gasteiger partial charge in [-0.1, -0.05) is 182 Å². The second-order valence-electron chi connectivity index (χ2n) is 15.3. The average Bonchev–Trinajstić information content (AvgIpc) is 3.70. The van der Waals surface area contributed by atoms with Gasteiger partial charge in [-0.05, 0) is 93.7 Å². The molecule has 0 aliphatic heterocycles. The maximum Gasteiger partial charge on any atom is 0.137 e. The van der Waals surface area contributed by atoms with Crippen LogP contribution in [0.3, 0.4) is 0 Å². The topological polar surface area (TPSA) is 19.6 Å². The Morgan fingerprint density at radius 1 is 0.295 bits per heavy atom. The first-order chi connectivity index (χ1) is 30.3. The number of benzene rings is 10. The first-order valence-corrected chi connectivity index (χ1v) is 20.8. The van der Waals surface area contributed by atoms with E-state index in [9.17, 15) is 0 Å². The van der Waals surface area contributed by atoms with Gasteiger partial charge < -0.3 is 14.2 Å². The Bertz CT molecular complexity index is 3290. The van der Waals surface area contributed by atoms with Gasteiger partial charge in [0.05, 0.1) is 28.1 Å². The van der Waals surface area contributed by atoms with Crippen molar-refractivity contribution in [2.24, 2.45) is 0 Å². The molecule has 0 radical (unpaired) electrons. The number of furan rings is 1. The molecule has 10 aromatic carbocycles. The summed E-state index contributed by atoms with van der Waals surface area (Å²) in [4.78, 5) is 4.88. The van der Waals surface area contributed by atoms with E-state index in [1.165, 1.54) is 5.56 Å². The van der Waals surface area contributed by atoms with Gasteiger partial charge in [-0.25, -0.2) is 0 Å². The minimum absolute atomic E-state index is 0.816. The molecule has 0 amide bonds. The Balaban J connectivity index is 1.28. The largest absolute Gasteiger partial charge is 0.456 e. The highest BCUT2D eigenvalue weighted by Crippen LogP contribution is 2.54. The van der Waals surface area contributed by atoms with Crippen molar-refractivity contribution in [3.05, 3.63) is 243 Å². The van der Waals surface area contributed by atoms with E-state index in [2.05, 4.69) is 252 Å². The molecule has 0 unspecified atom stereocenters.